The van der Waals surface area contributed by atoms with Crippen molar-refractivity contribution in [1.82, 2.24) is 24.8 Å². The first kappa shape index (κ1) is 16.9. The number of nitrogens with one attached hydrogen (secondary N) is 2. The zero-order chi connectivity index (χ0) is 18.8. The van der Waals surface area contributed by atoms with Gasteiger partial charge in [0, 0.05) is 37.5 Å². The number of nitrogens with zero attached hydrogens (tertiary/aromatic N) is 3. The van der Waals surface area contributed by atoms with Crippen molar-refractivity contribution in [2.24, 2.45) is 0 Å². The average molecular weight is 363 g/mol. The van der Waals surface area contributed by atoms with Crippen molar-refractivity contribution < 1.29 is 4.79 Å². The third-order valence-corrected chi connectivity index (χ3v) is 4.60. The van der Waals surface area contributed by atoms with Crippen molar-refractivity contribution in [3.63, 3.8) is 0 Å². The molecule has 2 N–H and O–H groups in total. The Labute approximate surface area is 153 Å². The predicted molar refractivity (Wildman–Crippen MR) is 98.4 cm³/mol. The van der Waals surface area contributed by atoms with Crippen LogP contribution < -0.4 is 11.1 Å². The number of hydrogen-bond donors (Lipinski definition) is 2. The Bertz CT molecular complexity index is 1090. The molecule has 1 atom stereocenters. The highest BCUT2D eigenvalue weighted by Crippen LogP contribution is 2.26. The van der Waals surface area contributed by atoms with Gasteiger partial charge in [-0.05, 0) is 30.7 Å². The number of carbonyl (C=O) groups excluding carboxylic acids is 1. The van der Waals surface area contributed by atoms with Crippen molar-refractivity contribution >= 4 is 5.91 Å². The molecule has 0 aliphatic carbocycles. The summed E-state index contributed by atoms with van der Waals surface area (Å²) < 4.78 is 0. The SMILES string of the molecule is O=C(c1ccccn1)N1CC[C@H](c2nc(-c3ccc[nH]c3=O)cc(=O)[nH]2)C1. The van der Waals surface area contributed by atoms with E-state index < -0.39 is 0 Å². The molecule has 8 nitrogen and oxygen atoms in total. The van der Waals surface area contributed by atoms with E-state index in [2.05, 4.69) is 19.9 Å². The van der Waals surface area contributed by atoms with E-state index in [9.17, 15) is 14.4 Å². The van der Waals surface area contributed by atoms with Crippen LogP contribution in [0, 0.1) is 0 Å². The first-order chi connectivity index (χ1) is 13.1. The van der Waals surface area contributed by atoms with Gasteiger partial charge in [0.15, 0.2) is 0 Å². The monoisotopic (exact) mass is 363 g/mol. The van der Waals surface area contributed by atoms with Crippen LogP contribution in [0.5, 0.6) is 0 Å². The minimum atomic E-state index is -0.326. The number of amides is 1. The molecular formula is C19H17N5O3. The molecule has 4 rings (SSSR count). The molecule has 0 unspecified atom stereocenters. The summed E-state index contributed by atoms with van der Waals surface area (Å²) >= 11 is 0. The fourth-order valence-electron chi connectivity index (χ4n) is 3.25. The highest BCUT2D eigenvalue weighted by molar-refractivity contribution is 5.92. The summed E-state index contributed by atoms with van der Waals surface area (Å²) in [4.78, 5) is 52.2. The van der Waals surface area contributed by atoms with Gasteiger partial charge in [0.1, 0.15) is 11.5 Å². The highest BCUT2D eigenvalue weighted by atomic mass is 16.2. The summed E-state index contributed by atoms with van der Waals surface area (Å²) in [6.45, 7) is 0.993. The van der Waals surface area contributed by atoms with Crippen LogP contribution in [0.4, 0.5) is 0 Å². The maximum Gasteiger partial charge on any atom is 0.272 e. The van der Waals surface area contributed by atoms with Gasteiger partial charge in [0.2, 0.25) is 0 Å². The molecule has 27 heavy (non-hydrogen) atoms. The number of aromatic amines is 2. The number of aromatic nitrogens is 4. The summed E-state index contributed by atoms with van der Waals surface area (Å²) in [5.74, 6) is 0.237. The van der Waals surface area contributed by atoms with Crippen LogP contribution >= 0.6 is 0 Å². The largest absolute Gasteiger partial charge is 0.337 e. The first-order valence-electron chi connectivity index (χ1n) is 8.61. The van der Waals surface area contributed by atoms with Crippen molar-refractivity contribution in [1.29, 1.82) is 0 Å². The molecular weight excluding hydrogens is 346 g/mol. The van der Waals surface area contributed by atoms with Gasteiger partial charge in [0.05, 0.1) is 11.3 Å². The van der Waals surface area contributed by atoms with Gasteiger partial charge in [-0.25, -0.2) is 4.98 Å². The molecule has 1 saturated heterocycles. The minimum Gasteiger partial charge on any atom is -0.337 e. The predicted octanol–water partition coefficient (Wildman–Crippen LogP) is 1.15. The van der Waals surface area contributed by atoms with E-state index in [0.29, 0.717) is 42.3 Å². The number of hydrogen-bond acceptors (Lipinski definition) is 5. The van der Waals surface area contributed by atoms with Crippen molar-refractivity contribution in [3.8, 4) is 11.3 Å². The van der Waals surface area contributed by atoms with Gasteiger partial charge >= 0.3 is 0 Å². The summed E-state index contributed by atoms with van der Waals surface area (Å²) in [7, 11) is 0. The third kappa shape index (κ3) is 3.41. The summed E-state index contributed by atoms with van der Waals surface area (Å²) in [6.07, 6.45) is 3.79. The Morgan fingerprint density at radius 3 is 2.85 bits per heavy atom. The Morgan fingerprint density at radius 1 is 1.19 bits per heavy atom. The molecule has 0 aromatic carbocycles. The molecule has 1 aliphatic rings. The van der Waals surface area contributed by atoms with Gasteiger partial charge in [-0.1, -0.05) is 6.07 Å². The second kappa shape index (κ2) is 6.99. The Morgan fingerprint density at radius 2 is 2.07 bits per heavy atom. The lowest BCUT2D eigenvalue weighted by Crippen LogP contribution is -2.29. The topological polar surface area (TPSA) is 112 Å². The number of likely N-dealkylation sites (tertiary alicyclic amines) is 1. The number of carbonyl (C=O) groups is 1. The lowest BCUT2D eigenvalue weighted by atomic mass is 10.1. The molecule has 3 aromatic rings. The summed E-state index contributed by atoms with van der Waals surface area (Å²) in [5.41, 5.74) is 0.422. The van der Waals surface area contributed by atoms with Crippen LogP contribution in [0.25, 0.3) is 11.3 Å². The molecule has 3 aromatic heterocycles. The lowest BCUT2D eigenvalue weighted by molar-refractivity contribution is 0.0784. The van der Waals surface area contributed by atoms with Gasteiger partial charge < -0.3 is 14.9 Å². The Balaban J connectivity index is 1.60. The molecule has 4 heterocycles. The highest BCUT2D eigenvalue weighted by Gasteiger charge is 2.30. The minimum absolute atomic E-state index is 0.104. The number of rotatable bonds is 3. The van der Waals surface area contributed by atoms with Crippen molar-refractivity contribution in [2.75, 3.05) is 13.1 Å². The zero-order valence-electron chi connectivity index (χ0n) is 14.4. The smallest absolute Gasteiger partial charge is 0.272 e. The lowest BCUT2D eigenvalue weighted by Gasteiger charge is -2.16. The average Bonchev–Trinajstić information content (AvgIpc) is 3.18. The Hall–Kier alpha value is -3.55. The van der Waals surface area contributed by atoms with Gasteiger partial charge in [-0.3, -0.25) is 19.4 Å². The number of pyridine rings is 2. The fraction of sp³-hybridized carbons (Fsp3) is 0.211. The van der Waals surface area contributed by atoms with E-state index in [1.165, 1.54) is 12.3 Å². The van der Waals surface area contributed by atoms with Gasteiger partial charge in [-0.15, -0.1) is 0 Å². The molecule has 1 amide bonds. The zero-order valence-corrected chi connectivity index (χ0v) is 14.4. The van der Waals surface area contributed by atoms with E-state index in [0.717, 1.165) is 0 Å². The van der Waals surface area contributed by atoms with E-state index in [-0.39, 0.29) is 22.9 Å². The van der Waals surface area contributed by atoms with E-state index in [1.807, 2.05) is 0 Å². The van der Waals surface area contributed by atoms with Crippen molar-refractivity contribution in [3.05, 3.63) is 81.0 Å². The van der Waals surface area contributed by atoms with E-state index in [1.54, 1.807) is 41.4 Å². The molecule has 0 radical (unpaired) electrons. The molecule has 0 bridgehead atoms. The second-order valence-electron chi connectivity index (χ2n) is 6.38. The van der Waals surface area contributed by atoms with Gasteiger partial charge in [0.25, 0.3) is 17.0 Å². The molecule has 1 aliphatic heterocycles. The third-order valence-electron chi connectivity index (χ3n) is 4.60. The normalized spacial score (nSPS) is 16.4. The number of H-pyrrole nitrogens is 2. The van der Waals surface area contributed by atoms with Crippen LogP contribution in [0.2, 0.25) is 0 Å². The molecule has 8 heteroatoms. The van der Waals surface area contributed by atoms with Crippen LogP contribution in [0.1, 0.15) is 28.7 Å². The molecule has 136 valence electrons. The Kier molecular flexibility index (Phi) is 4.37. The van der Waals surface area contributed by atoms with E-state index in [4.69, 9.17) is 0 Å². The van der Waals surface area contributed by atoms with Crippen LogP contribution in [0.3, 0.4) is 0 Å². The van der Waals surface area contributed by atoms with Crippen LogP contribution in [-0.2, 0) is 0 Å². The fourth-order valence-corrected chi connectivity index (χ4v) is 3.25. The second-order valence-corrected chi connectivity index (χ2v) is 6.38. The molecule has 0 saturated carbocycles. The maximum atomic E-state index is 12.5. The first-order valence-corrected chi connectivity index (χ1v) is 8.61. The summed E-state index contributed by atoms with van der Waals surface area (Å²) in [6, 6.07) is 9.82. The van der Waals surface area contributed by atoms with Crippen LogP contribution in [-0.4, -0.2) is 43.8 Å². The summed E-state index contributed by atoms with van der Waals surface area (Å²) in [5, 5.41) is 0. The standard InChI is InChI=1S/C19H17N5O3/c25-16-10-15(13-4-3-8-21-18(13)26)22-17(23-16)12-6-9-24(11-12)19(27)14-5-1-2-7-20-14/h1-5,7-8,10,12H,6,9,11H2,(H,21,26)(H,22,23,25)/t12-/m0/s1. The van der Waals surface area contributed by atoms with Crippen molar-refractivity contribution in [2.45, 2.75) is 12.3 Å². The molecule has 1 fully saturated rings. The van der Waals surface area contributed by atoms with Crippen LogP contribution in [0.15, 0.2) is 58.4 Å². The quantitative estimate of drug-likeness (QED) is 0.725. The van der Waals surface area contributed by atoms with Gasteiger partial charge in [-0.2, -0.15) is 0 Å². The maximum absolute atomic E-state index is 12.5. The molecule has 0 spiro atoms. The van der Waals surface area contributed by atoms with E-state index >= 15 is 0 Å².